The molecule has 3 heterocycles. The van der Waals surface area contributed by atoms with E-state index in [2.05, 4.69) is 25.9 Å². The van der Waals surface area contributed by atoms with E-state index in [4.69, 9.17) is 15.2 Å². The van der Waals surface area contributed by atoms with Crippen LogP contribution in [0.4, 0.5) is 22.9 Å². The maximum absolute atomic E-state index is 13.6. The molecule has 10 heteroatoms. The van der Waals surface area contributed by atoms with Gasteiger partial charge in [0.1, 0.15) is 17.8 Å². The van der Waals surface area contributed by atoms with Crippen LogP contribution in [-0.2, 0) is 0 Å². The Kier molecular flexibility index (Phi) is 7.47. The lowest BCUT2D eigenvalue weighted by molar-refractivity contribution is 0.102. The Labute approximate surface area is 254 Å². The fourth-order valence-electron chi connectivity index (χ4n) is 5.51. The first kappa shape index (κ1) is 27.4. The van der Waals surface area contributed by atoms with Crippen molar-refractivity contribution in [1.29, 1.82) is 0 Å². The van der Waals surface area contributed by atoms with Crippen LogP contribution in [0, 0.1) is 0 Å². The Hall–Kier alpha value is -5.48. The van der Waals surface area contributed by atoms with Gasteiger partial charge in [0, 0.05) is 40.7 Å². The number of aromatic nitrogens is 4. The van der Waals surface area contributed by atoms with Gasteiger partial charge in [-0.1, -0.05) is 48.5 Å². The van der Waals surface area contributed by atoms with Crippen molar-refractivity contribution in [1.82, 2.24) is 19.6 Å². The number of imidazole rings is 1. The number of rotatable bonds is 8. The first-order valence-corrected chi connectivity index (χ1v) is 14.7. The molecule has 0 spiro atoms. The van der Waals surface area contributed by atoms with Gasteiger partial charge in [-0.25, -0.2) is 14.5 Å². The van der Waals surface area contributed by atoms with Crippen LogP contribution in [0.1, 0.15) is 36.2 Å². The third-order valence-electron chi connectivity index (χ3n) is 7.82. The van der Waals surface area contributed by atoms with E-state index in [1.54, 1.807) is 17.0 Å². The molecule has 1 amide bonds. The predicted octanol–water partition coefficient (Wildman–Crippen LogP) is 6.73. The normalized spacial score (nSPS) is 16.5. The van der Waals surface area contributed by atoms with Crippen molar-refractivity contribution in [3.05, 3.63) is 109 Å². The van der Waals surface area contributed by atoms with Crippen LogP contribution in [0.25, 0.3) is 28.4 Å². The van der Waals surface area contributed by atoms with Crippen LogP contribution in [0.2, 0.25) is 0 Å². The highest BCUT2D eigenvalue weighted by Crippen LogP contribution is 2.29. The number of hydrogen-bond acceptors (Lipinski definition) is 8. The van der Waals surface area contributed by atoms with Crippen molar-refractivity contribution in [2.45, 2.75) is 37.8 Å². The van der Waals surface area contributed by atoms with Gasteiger partial charge in [0.15, 0.2) is 11.3 Å². The number of nitrogens with zero attached hydrogens (tertiary/aromatic N) is 4. The van der Waals surface area contributed by atoms with Crippen LogP contribution in [0.5, 0.6) is 0 Å². The van der Waals surface area contributed by atoms with E-state index < -0.39 is 0 Å². The number of para-hydroxylation sites is 1. The van der Waals surface area contributed by atoms with Gasteiger partial charge >= 0.3 is 0 Å². The zero-order chi connectivity index (χ0) is 29.9. The molecule has 3 aromatic carbocycles. The van der Waals surface area contributed by atoms with E-state index in [-0.39, 0.29) is 18.0 Å². The molecule has 7 rings (SSSR count). The van der Waals surface area contributed by atoms with Gasteiger partial charge in [-0.3, -0.25) is 4.79 Å². The van der Waals surface area contributed by atoms with Crippen LogP contribution < -0.4 is 21.7 Å². The predicted molar refractivity (Wildman–Crippen MR) is 172 cm³/mol. The maximum Gasteiger partial charge on any atom is 0.276 e. The van der Waals surface area contributed by atoms with Gasteiger partial charge in [-0.2, -0.15) is 0 Å². The monoisotopic (exact) mass is 584 g/mol. The second-order valence-electron chi connectivity index (χ2n) is 11.0. The molecule has 0 aliphatic heterocycles. The molecule has 0 saturated heterocycles. The first-order valence-electron chi connectivity index (χ1n) is 14.7. The Bertz CT molecular complexity index is 1890. The molecule has 0 bridgehead atoms. The summed E-state index contributed by atoms with van der Waals surface area (Å²) in [6.45, 7) is 0. The van der Waals surface area contributed by atoms with Gasteiger partial charge in [-0.05, 0) is 62.1 Å². The average molecular weight is 585 g/mol. The molecular formula is C34H32N8O2. The van der Waals surface area contributed by atoms with Gasteiger partial charge < -0.3 is 26.1 Å². The highest BCUT2D eigenvalue weighted by molar-refractivity contribution is 6.04. The highest BCUT2D eigenvalue weighted by atomic mass is 16.3. The van der Waals surface area contributed by atoms with E-state index in [9.17, 15) is 4.79 Å². The molecule has 1 aliphatic carbocycles. The van der Waals surface area contributed by atoms with Crippen LogP contribution in [-0.4, -0.2) is 37.6 Å². The first-order chi connectivity index (χ1) is 21.6. The summed E-state index contributed by atoms with van der Waals surface area (Å²) in [5.74, 6) is 0.858. The van der Waals surface area contributed by atoms with E-state index in [0.29, 0.717) is 34.4 Å². The van der Waals surface area contributed by atoms with E-state index in [1.165, 1.54) is 0 Å². The summed E-state index contributed by atoms with van der Waals surface area (Å²) < 4.78 is 7.31. The van der Waals surface area contributed by atoms with Crippen LogP contribution >= 0.6 is 0 Å². The van der Waals surface area contributed by atoms with Crippen LogP contribution in [0.15, 0.2) is 108 Å². The number of anilines is 4. The topological polar surface area (TPSA) is 135 Å². The van der Waals surface area contributed by atoms with E-state index >= 15 is 0 Å². The summed E-state index contributed by atoms with van der Waals surface area (Å²) in [5.41, 5.74) is 11.6. The molecular weight excluding hydrogens is 552 g/mol. The average Bonchev–Trinajstić information content (AvgIpc) is 3.72. The second-order valence-corrected chi connectivity index (χ2v) is 11.0. The molecule has 6 aromatic rings. The highest BCUT2D eigenvalue weighted by Gasteiger charge is 2.22. The molecule has 44 heavy (non-hydrogen) atoms. The number of hydrogen-bond donors (Lipinski definition) is 4. The largest absolute Gasteiger partial charge is 0.444 e. The van der Waals surface area contributed by atoms with Crippen molar-refractivity contribution in [3.63, 3.8) is 0 Å². The molecule has 220 valence electrons. The smallest absolute Gasteiger partial charge is 0.276 e. The lowest BCUT2D eigenvalue weighted by Crippen LogP contribution is -2.33. The van der Waals surface area contributed by atoms with Gasteiger partial charge in [0.25, 0.3) is 5.91 Å². The maximum atomic E-state index is 13.6. The Balaban J connectivity index is 1.16. The summed E-state index contributed by atoms with van der Waals surface area (Å²) in [5, 5.41) is 14.8. The number of nitrogens with one attached hydrogen (secondary N) is 3. The van der Waals surface area contributed by atoms with Crippen molar-refractivity contribution in [2.75, 3.05) is 16.0 Å². The van der Waals surface area contributed by atoms with Gasteiger partial charge in [0.05, 0.1) is 11.9 Å². The number of benzene rings is 3. The number of amides is 1. The zero-order valence-corrected chi connectivity index (χ0v) is 24.0. The Morgan fingerprint density at radius 1 is 0.864 bits per heavy atom. The molecule has 10 nitrogen and oxygen atoms in total. The number of nitrogens with two attached hydrogens (primary N) is 1. The SMILES string of the molecule is N[C@H]1CC[C@H](Nc2cc(Nc3ccccc3)c3ncc(C(=O)Nc4cccc(-c5coc(-c6ccccc6)n5)c4)n3n2)CC1. The third-order valence-corrected chi connectivity index (χ3v) is 7.82. The van der Waals surface area contributed by atoms with Crippen molar-refractivity contribution < 1.29 is 9.21 Å². The van der Waals surface area contributed by atoms with Crippen LogP contribution in [0.3, 0.4) is 0 Å². The standard InChI is InChI=1S/C34H32N8O2/c35-24-14-16-26(17-15-24)38-31-19-28(37-25-11-5-2-6-12-25)32-36-20-30(42(32)41-31)33(43)39-27-13-7-10-23(18-27)29-21-44-34(40-29)22-8-3-1-4-9-22/h1-13,18-21,24,26,37H,14-17,35H2,(H,38,41)(H,39,43)/t24-,26-. The summed E-state index contributed by atoms with van der Waals surface area (Å²) >= 11 is 0. The number of fused-ring (bicyclic) bond motifs is 1. The minimum Gasteiger partial charge on any atom is -0.444 e. The Morgan fingerprint density at radius 2 is 1.59 bits per heavy atom. The molecule has 5 N–H and O–H groups in total. The minimum atomic E-state index is -0.335. The lowest BCUT2D eigenvalue weighted by Gasteiger charge is -2.27. The fraction of sp³-hybridized carbons (Fsp3) is 0.176. The summed E-state index contributed by atoms with van der Waals surface area (Å²) in [4.78, 5) is 22.9. The summed E-state index contributed by atoms with van der Waals surface area (Å²) in [6.07, 6.45) is 7.03. The summed E-state index contributed by atoms with van der Waals surface area (Å²) in [6, 6.07) is 29.5. The molecule has 1 fully saturated rings. The van der Waals surface area contributed by atoms with Crippen molar-refractivity contribution >= 4 is 34.4 Å². The fourth-order valence-corrected chi connectivity index (χ4v) is 5.51. The molecule has 0 radical (unpaired) electrons. The lowest BCUT2D eigenvalue weighted by atomic mass is 9.92. The van der Waals surface area contributed by atoms with Gasteiger partial charge in [-0.15, -0.1) is 5.10 Å². The summed E-state index contributed by atoms with van der Waals surface area (Å²) in [7, 11) is 0. The van der Waals surface area contributed by atoms with E-state index in [1.807, 2.05) is 91.0 Å². The third kappa shape index (κ3) is 5.88. The van der Waals surface area contributed by atoms with Crippen molar-refractivity contribution in [2.24, 2.45) is 5.73 Å². The number of carbonyl (C=O) groups is 1. The molecule has 0 atom stereocenters. The van der Waals surface area contributed by atoms with Crippen molar-refractivity contribution in [3.8, 4) is 22.7 Å². The number of oxazole rings is 1. The number of carbonyl (C=O) groups excluding carboxylic acids is 1. The quantitative estimate of drug-likeness (QED) is 0.155. The Morgan fingerprint density at radius 3 is 2.39 bits per heavy atom. The second kappa shape index (κ2) is 12.0. The zero-order valence-electron chi connectivity index (χ0n) is 24.0. The molecule has 1 saturated carbocycles. The van der Waals surface area contributed by atoms with Gasteiger partial charge in [0.2, 0.25) is 5.89 Å². The molecule has 3 aromatic heterocycles. The molecule has 1 aliphatic rings. The minimum absolute atomic E-state index is 0.247. The van der Waals surface area contributed by atoms with E-state index in [0.717, 1.165) is 48.2 Å². The molecule has 0 unspecified atom stereocenters.